The number of carboxylic acid groups (broad SMARTS) is 1. The molecule has 2 aliphatic heterocycles. The monoisotopic (exact) mass is 212 g/mol. The highest BCUT2D eigenvalue weighted by atomic mass is 16.4. The maximum atomic E-state index is 11.2. The molecule has 3 unspecified atom stereocenters. The second-order valence-corrected chi connectivity index (χ2v) is 5.00. The molecule has 0 saturated carbocycles. The number of likely N-dealkylation sites (N-methyl/N-ethyl adjacent to an activating group) is 2. The molecule has 2 fully saturated rings. The number of carboxylic acids is 1. The average molecular weight is 212 g/mol. The molecule has 4 heteroatoms. The predicted octanol–water partition coefficient (Wildman–Crippen LogP) is 0.343. The quantitative estimate of drug-likeness (QED) is 0.681. The summed E-state index contributed by atoms with van der Waals surface area (Å²) in [5, 5.41) is 9.20. The molecule has 4 nitrogen and oxygen atoms in total. The fourth-order valence-corrected chi connectivity index (χ4v) is 3.07. The molecule has 0 spiro atoms. The summed E-state index contributed by atoms with van der Waals surface area (Å²) in [7, 11) is 4.24. The first-order chi connectivity index (χ1) is 7.09. The van der Waals surface area contributed by atoms with E-state index in [-0.39, 0.29) is 5.92 Å². The largest absolute Gasteiger partial charge is 0.481 e. The van der Waals surface area contributed by atoms with Gasteiger partial charge < -0.3 is 14.9 Å². The summed E-state index contributed by atoms with van der Waals surface area (Å²) in [6.45, 7) is 2.98. The van der Waals surface area contributed by atoms with Crippen LogP contribution in [0.4, 0.5) is 0 Å². The lowest BCUT2D eigenvalue weighted by atomic mass is 9.75. The number of aliphatic carboxylic acids is 1. The van der Waals surface area contributed by atoms with Crippen LogP contribution in [0, 0.1) is 11.8 Å². The van der Waals surface area contributed by atoms with Crippen molar-refractivity contribution < 1.29 is 9.90 Å². The van der Waals surface area contributed by atoms with Gasteiger partial charge in [-0.1, -0.05) is 0 Å². The number of nitrogens with zero attached hydrogens (tertiary/aromatic N) is 2. The topological polar surface area (TPSA) is 43.8 Å². The Balaban J connectivity index is 2.12. The number of hydrogen-bond acceptors (Lipinski definition) is 3. The van der Waals surface area contributed by atoms with E-state index in [4.69, 9.17) is 0 Å². The van der Waals surface area contributed by atoms with Gasteiger partial charge in [0.15, 0.2) is 0 Å². The molecule has 2 aliphatic rings. The van der Waals surface area contributed by atoms with E-state index in [0.29, 0.717) is 12.0 Å². The van der Waals surface area contributed by atoms with Crippen LogP contribution >= 0.6 is 0 Å². The Hall–Kier alpha value is -0.610. The fourth-order valence-electron chi connectivity index (χ4n) is 3.07. The summed E-state index contributed by atoms with van der Waals surface area (Å²) < 4.78 is 0. The van der Waals surface area contributed by atoms with Gasteiger partial charge in [0.1, 0.15) is 0 Å². The van der Waals surface area contributed by atoms with Crippen LogP contribution in [-0.2, 0) is 4.79 Å². The standard InChI is InChI=1S/C11H20N2O2/c1-12-5-3-8-9(11(14)15)4-6-13(2)10(8)7-12/h8-10H,3-7H2,1-2H3,(H,14,15). The summed E-state index contributed by atoms with van der Waals surface area (Å²) in [6.07, 6.45) is 1.85. The molecule has 3 atom stereocenters. The molecule has 2 saturated heterocycles. The second kappa shape index (κ2) is 4.10. The van der Waals surface area contributed by atoms with Gasteiger partial charge in [-0.3, -0.25) is 4.79 Å². The highest BCUT2D eigenvalue weighted by molar-refractivity contribution is 5.70. The minimum atomic E-state index is -0.595. The molecule has 0 amide bonds. The lowest BCUT2D eigenvalue weighted by Crippen LogP contribution is -2.57. The van der Waals surface area contributed by atoms with Crippen molar-refractivity contribution in [1.29, 1.82) is 0 Å². The Kier molecular flexibility index (Phi) is 2.98. The van der Waals surface area contributed by atoms with Crippen molar-refractivity contribution in [2.45, 2.75) is 18.9 Å². The van der Waals surface area contributed by atoms with Crippen LogP contribution < -0.4 is 0 Å². The van der Waals surface area contributed by atoms with E-state index in [0.717, 1.165) is 32.5 Å². The number of rotatable bonds is 1. The van der Waals surface area contributed by atoms with E-state index < -0.39 is 5.97 Å². The lowest BCUT2D eigenvalue weighted by Gasteiger charge is -2.47. The predicted molar refractivity (Wildman–Crippen MR) is 57.8 cm³/mol. The first-order valence-electron chi connectivity index (χ1n) is 5.71. The zero-order chi connectivity index (χ0) is 11.0. The summed E-state index contributed by atoms with van der Waals surface area (Å²) in [4.78, 5) is 15.8. The van der Waals surface area contributed by atoms with Gasteiger partial charge in [-0.15, -0.1) is 0 Å². The highest BCUT2D eigenvalue weighted by Gasteiger charge is 2.42. The number of likely N-dealkylation sites (tertiary alicyclic amines) is 2. The molecule has 0 aromatic carbocycles. The molecule has 2 heterocycles. The third kappa shape index (κ3) is 2.01. The van der Waals surface area contributed by atoms with E-state index in [1.54, 1.807) is 0 Å². The van der Waals surface area contributed by atoms with Gasteiger partial charge in [0.25, 0.3) is 0 Å². The number of fused-ring (bicyclic) bond motifs is 1. The summed E-state index contributed by atoms with van der Waals surface area (Å²) in [6, 6.07) is 0.443. The molecule has 0 aliphatic carbocycles. The Morgan fingerprint density at radius 3 is 2.67 bits per heavy atom. The smallest absolute Gasteiger partial charge is 0.306 e. The lowest BCUT2D eigenvalue weighted by molar-refractivity contribution is -0.148. The molecule has 15 heavy (non-hydrogen) atoms. The van der Waals surface area contributed by atoms with Crippen molar-refractivity contribution in [3.63, 3.8) is 0 Å². The van der Waals surface area contributed by atoms with Gasteiger partial charge in [-0.05, 0) is 45.9 Å². The third-order valence-electron chi connectivity index (χ3n) is 4.03. The van der Waals surface area contributed by atoms with Crippen LogP contribution in [-0.4, -0.2) is 60.6 Å². The van der Waals surface area contributed by atoms with Crippen molar-refractivity contribution in [2.24, 2.45) is 11.8 Å². The summed E-state index contributed by atoms with van der Waals surface area (Å²) in [5.41, 5.74) is 0. The van der Waals surface area contributed by atoms with Gasteiger partial charge in [0.05, 0.1) is 5.92 Å². The Labute approximate surface area is 90.9 Å². The SMILES string of the molecule is CN1CCC2C(C(=O)O)CCN(C)C2C1. The minimum Gasteiger partial charge on any atom is -0.481 e. The minimum absolute atomic E-state index is 0.111. The molecule has 86 valence electrons. The third-order valence-corrected chi connectivity index (χ3v) is 4.03. The fraction of sp³-hybridized carbons (Fsp3) is 0.909. The van der Waals surface area contributed by atoms with E-state index in [2.05, 4.69) is 23.9 Å². The zero-order valence-electron chi connectivity index (χ0n) is 9.52. The molecule has 0 aromatic heterocycles. The maximum absolute atomic E-state index is 11.2. The van der Waals surface area contributed by atoms with Gasteiger partial charge in [0.2, 0.25) is 0 Å². The van der Waals surface area contributed by atoms with Crippen LogP contribution in [0.15, 0.2) is 0 Å². The van der Waals surface area contributed by atoms with Crippen molar-refractivity contribution in [1.82, 2.24) is 9.80 Å². The van der Waals surface area contributed by atoms with Crippen LogP contribution in [0.3, 0.4) is 0 Å². The van der Waals surface area contributed by atoms with Crippen molar-refractivity contribution in [2.75, 3.05) is 33.7 Å². The Morgan fingerprint density at radius 2 is 2.00 bits per heavy atom. The van der Waals surface area contributed by atoms with Crippen molar-refractivity contribution in [3.05, 3.63) is 0 Å². The Morgan fingerprint density at radius 1 is 1.27 bits per heavy atom. The zero-order valence-corrected chi connectivity index (χ0v) is 9.52. The van der Waals surface area contributed by atoms with Crippen molar-refractivity contribution in [3.8, 4) is 0 Å². The van der Waals surface area contributed by atoms with Gasteiger partial charge >= 0.3 is 5.97 Å². The van der Waals surface area contributed by atoms with E-state index >= 15 is 0 Å². The normalized spacial score (nSPS) is 38.7. The second-order valence-electron chi connectivity index (χ2n) is 5.00. The van der Waals surface area contributed by atoms with Gasteiger partial charge in [-0.2, -0.15) is 0 Å². The molecule has 0 radical (unpaired) electrons. The number of piperidine rings is 2. The molecule has 1 N–H and O–H groups in total. The summed E-state index contributed by atoms with van der Waals surface area (Å²) >= 11 is 0. The highest BCUT2D eigenvalue weighted by Crippen LogP contribution is 2.34. The van der Waals surface area contributed by atoms with Crippen LogP contribution in [0.25, 0.3) is 0 Å². The van der Waals surface area contributed by atoms with Crippen molar-refractivity contribution >= 4 is 5.97 Å². The maximum Gasteiger partial charge on any atom is 0.306 e. The first-order valence-corrected chi connectivity index (χ1v) is 5.71. The number of carbonyl (C=O) groups is 1. The Bertz CT molecular complexity index is 257. The van der Waals surface area contributed by atoms with E-state index in [1.807, 2.05) is 0 Å². The molecular weight excluding hydrogens is 192 g/mol. The van der Waals surface area contributed by atoms with Gasteiger partial charge in [0, 0.05) is 12.6 Å². The first kappa shape index (κ1) is 10.9. The van der Waals surface area contributed by atoms with Crippen LogP contribution in [0.1, 0.15) is 12.8 Å². The van der Waals surface area contributed by atoms with Gasteiger partial charge in [-0.25, -0.2) is 0 Å². The average Bonchev–Trinajstić information content (AvgIpc) is 2.19. The molecular formula is C11H20N2O2. The molecule has 0 bridgehead atoms. The molecule has 0 aromatic rings. The van der Waals surface area contributed by atoms with E-state index in [1.165, 1.54) is 0 Å². The molecule has 2 rings (SSSR count). The van der Waals surface area contributed by atoms with Crippen LogP contribution in [0.5, 0.6) is 0 Å². The van der Waals surface area contributed by atoms with Crippen LogP contribution in [0.2, 0.25) is 0 Å². The summed E-state index contributed by atoms with van der Waals surface area (Å²) in [5.74, 6) is -0.347. The van der Waals surface area contributed by atoms with E-state index in [9.17, 15) is 9.90 Å². The number of hydrogen-bond donors (Lipinski definition) is 1.